The Kier molecular flexibility index (Phi) is 4.14. The summed E-state index contributed by atoms with van der Waals surface area (Å²) in [5, 5.41) is 0. The summed E-state index contributed by atoms with van der Waals surface area (Å²) in [7, 11) is -3.74. The smallest absolute Gasteiger partial charge is 0.265 e. The first-order valence-electron chi connectivity index (χ1n) is 4.36. The minimum Gasteiger partial charge on any atom is -0.265 e. The van der Waals surface area contributed by atoms with E-state index in [0.717, 1.165) is 18.2 Å². The molecule has 0 unspecified atom stereocenters. The molecule has 0 bridgehead atoms. The predicted octanol–water partition coefficient (Wildman–Crippen LogP) is 2.00. The third-order valence-electron chi connectivity index (χ3n) is 1.73. The van der Waals surface area contributed by atoms with Gasteiger partial charge in [0, 0.05) is 11.6 Å². The zero-order valence-corrected chi connectivity index (χ0v) is 9.14. The monoisotopic (exact) mass is 248 g/mol. The van der Waals surface area contributed by atoms with Crippen molar-refractivity contribution in [3.63, 3.8) is 0 Å². The number of halogens is 2. The molecule has 88 valence electrons. The van der Waals surface area contributed by atoms with Crippen LogP contribution in [0.3, 0.4) is 0 Å². The van der Waals surface area contributed by atoms with Crippen molar-refractivity contribution >= 4 is 10.1 Å². The highest BCUT2D eigenvalue weighted by Crippen LogP contribution is 2.12. The molecule has 3 nitrogen and oxygen atoms in total. The molecule has 0 fully saturated rings. The van der Waals surface area contributed by atoms with E-state index in [1.807, 2.05) is 0 Å². The van der Waals surface area contributed by atoms with Gasteiger partial charge in [0.1, 0.15) is 11.6 Å². The molecule has 0 aliphatic heterocycles. The summed E-state index contributed by atoms with van der Waals surface area (Å²) in [6, 6.07) is 2.83. The molecule has 16 heavy (non-hydrogen) atoms. The quantitative estimate of drug-likeness (QED) is 0.591. The van der Waals surface area contributed by atoms with Crippen LogP contribution in [0.2, 0.25) is 0 Å². The zero-order chi connectivity index (χ0) is 12.2. The van der Waals surface area contributed by atoms with Crippen LogP contribution in [0, 0.1) is 11.6 Å². The molecule has 0 heterocycles. The molecule has 1 aromatic carbocycles. The molecular formula is C10H10F2O3S. The molecule has 0 N–H and O–H groups in total. The van der Waals surface area contributed by atoms with Crippen LogP contribution in [0.15, 0.2) is 30.9 Å². The maximum Gasteiger partial charge on any atom is 0.271 e. The van der Waals surface area contributed by atoms with Gasteiger partial charge < -0.3 is 0 Å². The van der Waals surface area contributed by atoms with E-state index in [2.05, 4.69) is 10.8 Å². The van der Waals surface area contributed by atoms with E-state index in [9.17, 15) is 17.2 Å². The number of rotatable bonds is 5. The average molecular weight is 248 g/mol. The molecule has 0 saturated carbocycles. The van der Waals surface area contributed by atoms with E-state index in [4.69, 9.17) is 0 Å². The Balaban J connectivity index is 2.72. The Bertz CT molecular complexity index is 483. The van der Waals surface area contributed by atoms with E-state index in [0.29, 0.717) is 6.07 Å². The Morgan fingerprint density at radius 2 is 2.06 bits per heavy atom. The van der Waals surface area contributed by atoms with Gasteiger partial charge in [-0.2, -0.15) is 8.42 Å². The summed E-state index contributed by atoms with van der Waals surface area (Å²) in [6.45, 7) is 2.79. The average Bonchev–Trinajstić information content (AvgIpc) is 2.16. The first-order valence-corrected chi connectivity index (χ1v) is 5.94. The second-order valence-corrected chi connectivity index (χ2v) is 4.70. The molecule has 0 amide bonds. The lowest BCUT2D eigenvalue weighted by Crippen LogP contribution is -2.09. The molecule has 0 aliphatic rings. The summed E-state index contributed by atoms with van der Waals surface area (Å²) in [6.07, 6.45) is 1.16. The highest BCUT2D eigenvalue weighted by Gasteiger charge is 2.11. The summed E-state index contributed by atoms with van der Waals surface area (Å²) in [5.74, 6) is -1.92. The zero-order valence-electron chi connectivity index (χ0n) is 8.32. The molecule has 0 spiro atoms. The van der Waals surface area contributed by atoms with Gasteiger partial charge in [-0.05, 0) is 6.07 Å². The molecule has 1 aromatic rings. The van der Waals surface area contributed by atoms with Gasteiger partial charge in [-0.1, -0.05) is 12.1 Å². The molecular weight excluding hydrogens is 238 g/mol. The fraction of sp³-hybridized carbons (Fsp3) is 0.200. The van der Waals surface area contributed by atoms with Crippen molar-refractivity contribution in [3.05, 3.63) is 48.1 Å². The van der Waals surface area contributed by atoms with E-state index in [1.54, 1.807) is 0 Å². The Morgan fingerprint density at radius 3 is 2.62 bits per heavy atom. The lowest BCUT2D eigenvalue weighted by atomic mass is 10.2. The van der Waals surface area contributed by atoms with Gasteiger partial charge in [-0.3, -0.25) is 4.18 Å². The second kappa shape index (κ2) is 5.18. The highest BCUT2D eigenvalue weighted by molar-refractivity contribution is 7.86. The van der Waals surface area contributed by atoms with Gasteiger partial charge in [0.05, 0.1) is 12.4 Å². The van der Waals surface area contributed by atoms with Gasteiger partial charge in [-0.25, -0.2) is 8.78 Å². The molecule has 0 aromatic heterocycles. The fourth-order valence-corrected chi connectivity index (χ4v) is 1.68. The number of benzene rings is 1. The third-order valence-corrected chi connectivity index (χ3v) is 2.85. The van der Waals surface area contributed by atoms with E-state index >= 15 is 0 Å². The first-order chi connectivity index (χ1) is 7.44. The van der Waals surface area contributed by atoms with Crippen molar-refractivity contribution in [2.45, 2.75) is 6.61 Å². The van der Waals surface area contributed by atoms with Gasteiger partial charge >= 0.3 is 0 Å². The van der Waals surface area contributed by atoms with Crippen molar-refractivity contribution in [1.29, 1.82) is 0 Å². The van der Waals surface area contributed by atoms with Crippen LogP contribution >= 0.6 is 0 Å². The maximum atomic E-state index is 13.1. The minimum atomic E-state index is -3.74. The number of hydrogen-bond donors (Lipinski definition) is 0. The van der Waals surface area contributed by atoms with Crippen LogP contribution in [-0.2, 0) is 20.9 Å². The third kappa shape index (κ3) is 3.71. The summed E-state index contributed by atoms with van der Waals surface area (Å²) < 4.78 is 52.3. The van der Waals surface area contributed by atoms with Crippen molar-refractivity contribution in [1.82, 2.24) is 0 Å². The van der Waals surface area contributed by atoms with Crippen molar-refractivity contribution in [2.24, 2.45) is 0 Å². The molecule has 0 radical (unpaired) electrons. The second-order valence-electron chi connectivity index (χ2n) is 3.01. The largest absolute Gasteiger partial charge is 0.271 e. The van der Waals surface area contributed by atoms with Gasteiger partial charge in [-0.15, -0.1) is 6.58 Å². The predicted molar refractivity (Wildman–Crippen MR) is 55.1 cm³/mol. The number of hydrogen-bond acceptors (Lipinski definition) is 3. The summed E-state index contributed by atoms with van der Waals surface area (Å²) in [5.41, 5.74) is -0.0194. The van der Waals surface area contributed by atoms with Crippen LogP contribution in [0.4, 0.5) is 8.78 Å². The fourth-order valence-electron chi connectivity index (χ4n) is 0.984. The molecule has 6 heteroatoms. The van der Waals surface area contributed by atoms with Gasteiger partial charge in [0.25, 0.3) is 10.1 Å². The molecule has 1 rings (SSSR count). The highest BCUT2D eigenvalue weighted by atomic mass is 32.2. The Hall–Kier alpha value is -1.27. The maximum absolute atomic E-state index is 13.1. The lowest BCUT2D eigenvalue weighted by Gasteiger charge is -2.04. The summed E-state index contributed by atoms with van der Waals surface area (Å²) >= 11 is 0. The van der Waals surface area contributed by atoms with Crippen LogP contribution in [0.1, 0.15) is 5.56 Å². The van der Waals surface area contributed by atoms with Crippen molar-refractivity contribution in [2.75, 3.05) is 5.75 Å². The van der Waals surface area contributed by atoms with E-state index < -0.39 is 28.4 Å². The lowest BCUT2D eigenvalue weighted by molar-refractivity contribution is 0.303. The minimum absolute atomic E-state index is 0.0194. The van der Waals surface area contributed by atoms with Crippen LogP contribution in [0.5, 0.6) is 0 Å². The topological polar surface area (TPSA) is 43.4 Å². The molecule has 0 saturated heterocycles. The van der Waals surface area contributed by atoms with Crippen LogP contribution in [0.25, 0.3) is 0 Å². The van der Waals surface area contributed by atoms with Gasteiger partial charge in [0.15, 0.2) is 0 Å². The van der Waals surface area contributed by atoms with Crippen LogP contribution < -0.4 is 0 Å². The normalized spacial score (nSPS) is 11.4. The van der Waals surface area contributed by atoms with E-state index in [1.165, 1.54) is 0 Å². The summed E-state index contributed by atoms with van der Waals surface area (Å²) in [4.78, 5) is 0. The van der Waals surface area contributed by atoms with Crippen molar-refractivity contribution in [3.8, 4) is 0 Å². The Morgan fingerprint density at radius 1 is 1.38 bits per heavy atom. The van der Waals surface area contributed by atoms with E-state index in [-0.39, 0.29) is 11.3 Å². The van der Waals surface area contributed by atoms with Gasteiger partial charge in [0.2, 0.25) is 0 Å². The standard InChI is InChI=1S/C10H10F2O3S/c1-2-5-16(13,14)15-7-8-3-4-9(11)6-10(8)12/h2-4,6H,1,5,7H2. The molecule has 0 aliphatic carbocycles. The SMILES string of the molecule is C=CCS(=O)(=O)OCc1ccc(F)cc1F. The van der Waals surface area contributed by atoms with Crippen molar-refractivity contribution < 1.29 is 21.4 Å². The van der Waals surface area contributed by atoms with Crippen LogP contribution in [-0.4, -0.2) is 14.2 Å². The first kappa shape index (κ1) is 12.8. The Labute approximate surface area is 92.5 Å². The molecule has 0 atom stereocenters.